The summed E-state index contributed by atoms with van der Waals surface area (Å²) in [7, 11) is 0. The maximum atomic E-state index is 10.7. The van der Waals surface area contributed by atoms with Crippen LogP contribution < -0.4 is 11.5 Å². The molecule has 0 fully saturated rings. The Labute approximate surface area is 79.3 Å². The Hall–Kier alpha value is -2.05. The molecule has 1 rings (SSSR count). The lowest BCUT2D eigenvalue weighted by molar-refractivity contribution is -0.140. The summed E-state index contributed by atoms with van der Waals surface area (Å²) in [5.41, 5.74) is 10.3. The molecule has 7 nitrogen and oxygen atoms in total. The number of carbonyl (C=O) groups is 2. The number of primary amides is 1. The van der Waals surface area contributed by atoms with Gasteiger partial charge in [0.25, 0.3) is 5.91 Å². The van der Waals surface area contributed by atoms with E-state index in [0.29, 0.717) is 0 Å². The van der Waals surface area contributed by atoms with Crippen molar-refractivity contribution in [1.29, 1.82) is 0 Å². The fourth-order valence-corrected chi connectivity index (χ4v) is 0.909. The number of amides is 1. The second-order valence-electron chi connectivity index (χ2n) is 2.79. The number of nitrogen functional groups attached to an aromatic ring is 1. The highest BCUT2D eigenvalue weighted by Gasteiger charge is 2.18. The van der Waals surface area contributed by atoms with E-state index < -0.39 is 17.9 Å². The molecule has 1 unspecified atom stereocenters. The lowest BCUT2D eigenvalue weighted by Crippen LogP contribution is -2.18. The standard InChI is InChI=1S/C7H10N4O3/c1-3(7(13)14)11-2-4(8)5(10-11)6(9)12/h2-3H,8H2,1H3,(H2,9,12)(H,13,14). The maximum Gasteiger partial charge on any atom is 0.328 e. The van der Waals surface area contributed by atoms with Crippen LogP contribution in [0.5, 0.6) is 0 Å². The van der Waals surface area contributed by atoms with Gasteiger partial charge in [-0.15, -0.1) is 0 Å². The molecule has 0 aliphatic carbocycles. The van der Waals surface area contributed by atoms with E-state index in [-0.39, 0.29) is 11.4 Å². The number of carbonyl (C=O) groups excluding carboxylic acids is 1. The van der Waals surface area contributed by atoms with Crippen LogP contribution in [0.25, 0.3) is 0 Å². The van der Waals surface area contributed by atoms with Crippen molar-refractivity contribution in [1.82, 2.24) is 9.78 Å². The molecule has 1 aromatic rings. The minimum Gasteiger partial charge on any atom is -0.480 e. The number of hydrogen-bond acceptors (Lipinski definition) is 4. The summed E-state index contributed by atoms with van der Waals surface area (Å²) in [5, 5.41) is 12.3. The van der Waals surface area contributed by atoms with Gasteiger partial charge in [-0.25, -0.2) is 4.79 Å². The average Bonchev–Trinajstić information content (AvgIpc) is 2.45. The van der Waals surface area contributed by atoms with Crippen molar-refractivity contribution >= 4 is 17.6 Å². The minimum absolute atomic E-state index is 0.0746. The molecule has 1 aromatic heterocycles. The molecule has 7 heteroatoms. The fraction of sp³-hybridized carbons (Fsp3) is 0.286. The number of nitrogens with two attached hydrogens (primary N) is 2. The molecule has 0 saturated carbocycles. The third-order valence-corrected chi connectivity index (χ3v) is 1.75. The van der Waals surface area contributed by atoms with Crippen LogP contribution in [0.3, 0.4) is 0 Å². The molecular weight excluding hydrogens is 188 g/mol. The zero-order chi connectivity index (χ0) is 10.9. The monoisotopic (exact) mass is 198 g/mol. The van der Waals surface area contributed by atoms with E-state index in [0.717, 1.165) is 4.68 Å². The van der Waals surface area contributed by atoms with E-state index in [4.69, 9.17) is 16.6 Å². The number of aliphatic carboxylic acids is 1. The third-order valence-electron chi connectivity index (χ3n) is 1.75. The van der Waals surface area contributed by atoms with Gasteiger partial charge in [-0.05, 0) is 6.92 Å². The number of hydrogen-bond donors (Lipinski definition) is 3. The smallest absolute Gasteiger partial charge is 0.328 e. The van der Waals surface area contributed by atoms with E-state index in [1.807, 2.05) is 0 Å². The molecule has 0 aliphatic rings. The van der Waals surface area contributed by atoms with Crippen molar-refractivity contribution in [3.63, 3.8) is 0 Å². The van der Waals surface area contributed by atoms with Gasteiger partial charge in [-0.1, -0.05) is 0 Å². The topological polar surface area (TPSA) is 124 Å². The van der Waals surface area contributed by atoms with Gasteiger partial charge in [-0.2, -0.15) is 5.10 Å². The largest absolute Gasteiger partial charge is 0.480 e. The van der Waals surface area contributed by atoms with Crippen molar-refractivity contribution in [3.05, 3.63) is 11.9 Å². The molecule has 0 aliphatic heterocycles. The lowest BCUT2D eigenvalue weighted by atomic mass is 10.3. The van der Waals surface area contributed by atoms with Gasteiger partial charge in [0.1, 0.15) is 6.04 Å². The molecular formula is C7H10N4O3. The lowest BCUT2D eigenvalue weighted by Gasteiger charge is -2.04. The van der Waals surface area contributed by atoms with Crippen molar-refractivity contribution in [2.24, 2.45) is 5.73 Å². The molecule has 0 aromatic carbocycles. The second kappa shape index (κ2) is 3.36. The van der Waals surface area contributed by atoms with Crippen LogP contribution in [0.4, 0.5) is 5.69 Å². The van der Waals surface area contributed by atoms with Crippen LogP contribution in [0.15, 0.2) is 6.20 Å². The maximum absolute atomic E-state index is 10.7. The summed E-state index contributed by atoms with van der Waals surface area (Å²) < 4.78 is 1.08. The Balaban J connectivity index is 3.08. The Morgan fingerprint density at radius 2 is 2.21 bits per heavy atom. The Morgan fingerprint density at radius 1 is 1.64 bits per heavy atom. The minimum atomic E-state index is -1.07. The van der Waals surface area contributed by atoms with Gasteiger partial charge in [0.15, 0.2) is 5.69 Å². The van der Waals surface area contributed by atoms with E-state index >= 15 is 0 Å². The summed E-state index contributed by atoms with van der Waals surface area (Å²) in [6.45, 7) is 1.42. The molecule has 14 heavy (non-hydrogen) atoms. The number of carboxylic acid groups (broad SMARTS) is 1. The molecule has 0 radical (unpaired) electrons. The zero-order valence-corrected chi connectivity index (χ0v) is 7.47. The van der Waals surface area contributed by atoms with Crippen LogP contribution in [-0.2, 0) is 4.79 Å². The average molecular weight is 198 g/mol. The zero-order valence-electron chi connectivity index (χ0n) is 7.47. The summed E-state index contributed by atoms with van der Waals surface area (Å²) >= 11 is 0. The first kappa shape index (κ1) is 10.0. The molecule has 76 valence electrons. The first-order valence-electron chi connectivity index (χ1n) is 3.80. The number of nitrogens with zero attached hydrogens (tertiary/aromatic N) is 2. The van der Waals surface area contributed by atoms with Crippen molar-refractivity contribution in [3.8, 4) is 0 Å². The SMILES string of the molecule is CC(C(=O)O)n1cc(N)c(C(N)=O)n1. The highest BCUT2D eigenvalue weighted by atomic mass is 16.4. The molecule has 1 heterocycles. The second-order valence-corrected chi connectivity index (χ2v) is 2.79. The van der Waals surface area contributed by atoms with Crippen LogP contribution in [0, 0.1) is 0 Å². The Morgan fingerprint density at radius 3 is 2.57 bits per heavy atom. The van der Waals surface area contributed by atoms with Crippen LogP contribution in [-0.4, -0.2) is 26.8 Å². The fourth-order valence-electron chi connectivity index (χ4n) is 0.909. The van der Waals surface area contributed by atoms with Gasteiger partial charge < -0.3 is 16.6 Å². The quantitative estimate of drug-likeness (QED) is 0.587. The molecule has 0 saturated heterocycles. The number of carboxylic acids is 1. The Bertz CT molecular complexity index is 384. The van der Waals surface area contributed by atoms with E-state index in [1.54, 1.807) is 0 Å². The summed E-state index contributed by atoms with van der Waals surface area (Å²) in [4.78, 5) is 21.3. The molecule has 0 bridgehead atoms. The van der Waals surface area contributed by atoms with Gasteiger partial charge in [0.05, 0.1) is 5.69 Å². The normalized spacial score (nSPS) is 12.4. The van der Waals surface area contributed by atoms with E-state index in [9.17, 15) is 9.59 Å². The number of anilines is 1. The van der Waals surface area contributed by atoms with Crippen molar-refractivity contribution in [2.45, 2.75) is 13.0 Å². The van der Waals surface area contributed by atoms with Gasteiger partial charge >= 0.3 is 5.97 Å². The molecule has 1 atom stereocenters. The van der Waals surface area contributed by atoms with Gasteiger partial charge in [0.2, 0.25) is 0 Å². The summed E-state index contributed by atoms with van der Waals surface area (Å²) in [5.74, 6) is -1.85. The molecule has 5 N–H and O–H groups in total. The van der Waals surface area contributed by atoms with Crippen LogP contribution in [0.2, 0.25) is 0 Å². The highest BCUT2D eigenvalue weighted by molar-refractivity contribution is 5.95. The third kappa shape index (κ3) is 1.65. The summed E-state index contributed by atoms with van der Waals surface area (Å²) in [6.07, 6.45) is 1.26. The van der Waals surface area contributed by atoms with Crippen molar-refractivity contribution in [2.75, 3.05) is 5.73 Å². The van der Waals surface area contributed by atoms with Crippen LogP contribution in [0.1, 0.15) is 23.5 Å². The first-order chi connectivity index (χ1) is 6.43. The van der Waals surface area contributed by atoms with E-state index in [2.05, 4.69) is 5.10 Å². The first-order valence-corrected chi connectivity index (χ1v) is 3.80. The predicted molar refractivity (Wildman–Crippen MR) is 47.5 cm³/mol. The van der Waals surface area contributed by atoms with E-state index in [1.165, 1.54) is 13.1 Å². The number of aromatic nitrogens is 2. The number of rotatable bonds is 3. The van der Waals surface area contributed by atoms with Crippen molar-refractivity contribution < 1.29 is 14.7 Å². The predicted octanol–water partition coefficient (Wildman–Crippen LogP) is -0.790. The van der Waals surface area contributed by atoms with Gasteiger partial charge in [-0.3, -0.25) is 9.48 Å². The Kier molecular flexibility index (Phi) is 2.41. The summed E-state index contributed by atoms with van der Waals surface area (Å²) in [6, 6.07) is -0.884. The highest BCUT2D eigenvalue weighted by Crippen LogP contribution is 2.12. The molecule has 0 spiro atoms. The molecule has 1 amide bonds. The van der Waals surface area contributed by atoms with Crippen LogP contribution >= 0.6 is 0 Å². The van der Waals surface area contributed by atoms with Gasteiger partial charge in [0, 0.05) is 6.20 Å².